The van der Waals surface area contributed by atoms with E-state index in [-0.39, 0.29) is 5.82 Å². The molecule has 0 aromatic heterocycles. The molecule has 1 fully saturated rings. The number of methoxy groups -OCH3 is 1. The van der Waals surface area contributed by atoms with Crippen LogP contribution in [-0.4, -0.2) is 11.9 Å². The van der Waals surface area contributed by atoms with Crippen molar-refractivity contribution in [1.29, 1.82) is 0 Å². The predicted octanol–water partition coefficient (Wildman–Crippen LogP) is 4.65. The fourth-order valence-corrected chi connectivity index (χ4v) is 3.44. The highest BCUT2D eigenvalue weighted by Crippen LogP contribution is 2.37. The van der Waals surface area contributed by atoms with Crippen molar-refractivity contribution in [1.82, 2.24) is 0 Å². The third-order valence-corrected chi connectivity index (χ3v) is 4.63. The van der Waals surface area contributed by atoms with Gasteiger partial charge in [-0.2, -0.15) is 0 Å². The summed E-state index contributed by atoms with van der Waals surface area (Å²) in [5, 5.41) is 0. The normalized spacial score (nSPS) is 25.4. The van der Waals surface area contributed by atoms with Crippen molar-refractivity contribution in [2.45, 2.75) is 42.8 Å². The molecular formula is C14H18BrFO. The Bertz CT molecular complexity index is 380. The molecule has 1 aliphatic rings. The van der Waals surface area contributed by atoms with E-state index >= 15 is 0 Å². The average molecular weight is 301 g/mol. The number of ether oxygens (including phenoxy) is 1. The van der Waals surface area contributed by atoms with Gasteiger partial charge in [0.25, 0.3) is 0 Å². The lowest BCUT2D eigenvalue weighted by Crippen LogP contribution is -2.11. The van der Waals surface area contributed by atoms with Gasteiger partial charge in [-0.05, 0) is 36.5 Å². The van der Waals surface area contributed by atoms with Crippen LogP contribution in [0.4, 0.5) is 4.39 Å². The lowest BCUT2D eigenvalue weighted by atomic mass is 9.91. The van der Waals surface area contributed by atoms with Crippen LogP contribution < -0.4 is 4.74 Å². The van der Waals surface area contributed by atoms with Gasteiger partial charge in [-0.25, -0.2) is 4.39 Å². The molecule has 0 bridgehead atoms. The number of benzene rings is 1. The largest absolute Gasteiger partial charge is 0.494 e. The first kappa shape index (κ1) is 12.9. The minimum Gasteiger partial charge on any atom is -0.494 e. The van der Waals surface area contributed by atoms with E-state index in [0.717, 1.165) is 12.0 Å². The number of hydrogen-bond acceptors (Lipinski definition) is 1. The van der Waals surface area contributed by atoms with Gasteiger partial charge in [-0.1, -0.05) is 41.3 Å². The summed E-state index contributed by atoms with van der Waals surface area (Å²) in [6.07, 6.45) is 6.11. The molecule has 1 aromatic carbocycles. The Morgan fingerprint density at radius 2 is 2.00 bits per heavy atom. The van der Waals surface area contributed by atoms with E-state index in [1.807, 2.05) is 6.07 Å². The molecule has 1 saturated carbocycles. The van der Waals surface area contributed by atoms with Gasteiger partial charge < -0.3 is 4.74 Å². The van der Waals surface area contributed by atoms with Crippen molar-refractivity contribution >= 4 is 15.9 Å². The van der Waals surface area contributed by atoms with Crippen molar-refractivity contribution in [2.24, 2.45) is 0 Å². The summed E-state index contributed by atoms with van der Waals surface area (Å²) >= 11 is 3.75. The second-order valence-corrected chi connectivity index (χ2v) is 5.83. The van der Waals surface area contributed by atoms with Crippen LogP contribution >= 0.6 is 15.9 Å². The minimum absolute atomic E-state index is 0.256. The highest BCUT2D eigenvalue weighted by molar-refractivity contribution is 9.09. The van der Waals surface area contributed by atoms with Gasteiger partial charge in [-0.3, -0.25) is 0 Å². The van der Waals surface area contributed by atoms with Crippen LogP contribution in [-0.2, 0) is 0 Å². The molecule has 1 aromatic rings. The Morgan fingerprint density at radius 3 is 2.71 bits per heavy atom. The summed E-state index contributed by atoms with van der Waals surface area (Å²) in [4.78, 5) is 0.470. The van der Waals surface area contributed by atoms with Crippen molar-refractivity contribution in [2.75, 3.05) is 7.11 Å². The summed E-state index contributed by atoms with van der Waals surface area (Å²) in [6, 6.07) is 5.35. The Balaban J connectivity index is 2.22. The fourth-order valence-electron chi connectivity index (χ4n) is 2.55. The van der Waals surface area contributed by atoms with Crippen molar-refractivity contribution in [3.05, 3.63) is 29.6 Å². The zero-order valence-electron chi connectivity index (χ0n) is 10.1. The van der Waals surface area contributed by atoms with E-state index in [0.29, 0.717) is 16.5 Å². The maximum Gasteiger partial charge on any atom is 0.165 e. The molecule has 1 nitrogen and oxygen atoms in total. The molecule has 2 unspecified atom stereocenters. The molecule has 0 N–H and O–H groups in total. The third-order valence-electron chi connectivity index (χ3n) is 3.54. The van der Waals surface area contributed by atoms with Crippen LogP contribution in [0.15, 0.2) is 18.2 Å². The van der Waals surface area contributed by atoms with Crippen LogP contribution in [0.5, 0.6) is 5.75 Å². The molecule has 0 spiro atoms. The van der Waals surface area contributed by atoms with E-state index in [9.17, 15) is 4.39 Å². The molecule has 2 atom stereocenters. The number of hydrogen-bond donors (Lipinski definition) is 0. The average Bonchev–Trinajstić information content (AvgIpc) is 2.54. The standard InChI is InChI=1S/C14H18BrFO/c1-17-14-8-7-10(9-13(14)16)11-5-3-2-4-6-12(11)15/h7-9,11-12H,2-6H2,1H3. The van der Waals surface area contributed by atoms with Gasteiger partial charge in [0.05, 0.1) is 7.11 Å². The molecule has 17 heavy (non-hydrogen) atoms. The zero-order chi connectivity index (χ0) is 12.3. The first-order valence-electron chi connectivity index (χ1n) is 6.20. The first-order valence-corrected chi connectivity index (χ1v) is 7.11. The molecule has 0 aliphatic heterocycles. The van der Waals surface area contributed by atoms with Crippen molar-refractivity contribution in [3.63, 3.8) is 0 Å². The summed E-state index contributed by atoms with van der Waals surface area (Å²) < 4.78 is 18.6. The second-order valence-electron chi connectivity index (χ2n) is 4.65. The number of alkyl halides is 1. The summed E-state index contributed by atoms with van der Waals surface area (Å²) in [5.41, 5.74) is 1.09. The fraction of sp³-hybridized carbons (Fsp3) is 0.571. The molecule has 0 radical (unpaired) electrons. The van der Waals surface area contributed by atoms with Crippen LogP contribution in [0, 0.1) is 5.82 Å². The lowest BCUT2D eigenvalue weighted by molar-refractivity contribution is 0.385. The Hall–Kier alpha value is -0.570. The SMILES string of the molecule is COc1ccc(C2CCCCCC2Br)cc1F. The van der Waals surface area contributed by atoms with Gasteiger partial charge in [0, 0.05) is 4.83 Å². The second kappa shape index (κ2) is 5.85. The third kappa shape index (κ3) is 3.01. The highest BCUT2D eigenvalue weighted by atomic mass is 79.9. The zero-order valence-corrected chi connectivity index (χ0v) is 11.7. The van der Waals surface area contributed by atoms with Crippen molar-refractivity contribution in [3.8, 4) is 5.75 Å². The maximum atomic E-state index is 13.7. The van der Waals surface area contributed by atoms with Gasteiger partial charge in [0.15, 0.2) is 11.6 Å². The van der Waals surface area contributed by atoms with E-state index < -0.39 is 0 Å². The Labute approximate surface area is 110 Å². The van der Waals surface area contributed by atoms with Gasteiger partial charge in [0.1, 0.15) is 0 Å². The first-order chi connectivity index (χ1) is 8.22. The maximum absolute atomic E-state index is 13.7. The molecule has 94 valence electrons. The topological polar surface area (TPSA) is 9.23 Å². The summed E-state index contributed by atoms with van der Waals surface area (Å²) in [7, 11) is 1.50. The Kier molecular flexibility index (Phi) is 4.43. The monoisotopic (exact) mass is 300 g/mol. The van der Waals surface area contributed by atoms with Crippen LogP contribution in [0.1, 0.15) is 43.6 Å². The number of halogens is 2. The number of rotatable bonds is 2. The molecular weight excluding hydrogens is 283 g/mol. The van der Waals surface area contributed by atoms with Gasteiger partial charge >= 0.3 is 0 Å². The minimum atomic E-state index is -0.256. The lowest BCUT2D eigenvalue weighted by Gasteiger charge is -2.20. The Morgan fingerprint density at radius 1 is 1.24 bits per heavy atom. The molecule has 0 saturated heterocycles. The van der Waals surface area contributed by atoms with Gasteiger partial charge in [-0.15, -0.1) is 0 Å². The molecule has 1 aliphatic carbocycles. The van der Waals surface area contributed by atoms with Crippen LogP contribution in [0.3, 0.4) is 0 Å². The van der Waals surface area contributed by atoms with E-state index in [1.54, 1.807) is 12.1 Å². The molecule has 0 heterocycles. The van der Waals surface area contributed by atoms with Crippen LogP contribution in [0.25, 0.3) is 0 Å². The van der Waals surface area contributed by atoms with E-state index in [1.165, 1.54) is 32.8 Å². The summed E-state index contributed by atoms with van der Waals surface area (Å²) in [5.74, 6) is 0.500. The van der Waals surface area contributed by atoms with E-state index in [4.69, 9.17) is 4.74 Å². The predicted molar refractivity (Wildman–Crippen MR) is 71.5 cm³/mol. The molecule has 0 amide bonds. The quantitative estimate of drug-likeness (QED) is 0.571. The smallest absolute Gasteiger partial charge is 0.165 e. The molecule has 3 heteroatoms. The van der Waals surface area contributed by atoms with E-state index in [2.05, 4.69) is 15.9 Å². The van der Waals surface area contributed by atoms with Crippen LogP contribution in [0.2, 0.25) is 0 Å². The highest BCUT2D eigenvalue weighted by Gasteiger charge is 2.23. The molecule has 2 rings (SSSR count). The van der Waals surface area contributed by atoms with Gasteiger partial charge in [0.2, 0.25) is 0 Å². The summed E-state index contributed by atoms with van der Waals surface area (Å²) in [6.45, 7) is 0. The van der Waals surface area contributed by atoms with Crippen molar-refractivity contribution < 1.29 is 9.13 Å².